The van der Waals surface area contributed by atoms with E-state index in [1.807, 2.05) is 61.2 Å². The molecule has 3 aromatic rings. The van der Waals surface area contributed by atoms with Crippen molar-refractivity contribution in [1.29, 1.82) is 0 Å². The van der Waals surface area contributed by atoms with Crippen molar-refractivity contribution in [3.63, 3.8) is 0 Å². The predicted molar refractivity (Wildman–Crippen MR) is 106 cm³/mol. The van der Waals surface area contributed by atoms with Crippen molar-refractivity contribution in [2.24, 2.45) is 0 Å². The Balaban J connectivity index is 1.74. The number of para-hydroxylation sites is 1. The van der Waals surface area contributed by atoms with E-state index in [2.05, 4.69) is 22.0 Å². The van der Waals surface area contributed by atoms with E-state index in [0.717, 1.165) is 39.9 Å². The van der Waals surface area contributed by atoms with Gasteiger partial charge in [0.25, 0.3) is 0 Å². The maximum absolute atomic E-state index is 12.3. The van der Waals surface area contributed by atoms with Crippen molar-refractivity contribution < 1.29 is 4.79 Å². The summed E-state index contributed by atoms with van der Waals surface area (Å²) in [6.45, 7) is 9.80. The molecule has 0 spiro atoms. The van der Waals surface area contributed by atoms with E-state index in [1.165, 1.54) is 16.9 Å². The van der Waals surface area contributed by atoms with Gasteiger partial charge in [0.15, 0.2) is 0 Å². The molecule has 0 unspecified atom stereocenters. The second-order valence-electron chi connectivity index (χ2n) is 6.22. The monoisotopic (exact) mass is 366 g/mol. The first-order valence-corrected chi connectivity index (χ1v) is 9.33. The molecule has 0 radical (unpaired) electrons. The third-order valence-corrected chi connectivity index (χ3v) is 5.14. The molecule has 1 amide bonds. The minimum absolute atomic E-state index is 0.0723. The average molecular weight is 366 g/mol. The summed E-state index contributed by atoms with van der Waals surface area (Å²) in [4.78, 5) is 16.9. The van der Waals surface area contributed by atoms with E-state index in [0.29, 0.717) is 0 Å². The van der Waals surface area contributed by atoms with Gasteiger partial charge in [0, 0.05) is 22.3 Å². The van der Waals surface area contributed by atoms with Crippen LogP contribution < -0.4 is 5.32 Å². The summed E-state index contributed by atoms with van der Waals surface area (Å²) in [5.74, 6) is -0.0723. The summed E-state index contributed by atoms with van der Waals surface area (Å²) >= 11 is 1.49. The Morgan fingerprint density at radius 2 is 2.08 bits per heavy atom. The smallest absolute Gasteiger partial charge is 0.230 e. The maximum Gasteiger partial charge on any atom is 0.230 e. The first kappa shape index (κ1) is 18.1. The number of carbonyl (C=O) groups excluding carboxylic acids is 1. The molecule has 134 valence electrons. The molecule has 0 aliphatic carbocycles. The lowest BCUT2D eigenvalue weighted by Crippen LogP contribution is -2.15. The Labute approximate surface area is 157 Å². The van der Waals surface area contributed by atoms with Crippen LogP contribution in [0.15, 0.2) is 42.3 Å². The zero-order chi connectivity index (χ0) is 18.7. The highest BCUT2D eigenvalue weighted by atomic mass is 32.1. The van der Waals surface area contributed by atoms with Crippen LogP contribution in [0.3, 0.4) is 0 Å². The fourth-order valence-corrected chi connectivity index (χ4v) is 3.67. The van der Waals surface area contributed by atoms with Gasteiger partial charge in [0.05, 0.1) is 17.8 Å². The molecule has 2 aromatic heterocycles. The zero-order valence-electron chi connectivity index (χ0n) is 15.2. The van der Waals surface area contributed by atoms with Crippen LogP contribution in [0.4, 0.5) is 5.69 Å². The number of aryl methyl sites for hydroxylation is 2. The van der Waals surface area contributed by atoms with Crippen molar-refractivity contribution in [3.05, 3.63) is 70.5 Å². The number of rotatable bonds is 6. The summed E-state index contributed by atoms with van der Waals surface area (Å²) in [7, 11) is 0. The molecule has 0 aliphatic heterocycles. The summed E-state index contributed by atoms with van der Waals surface area (Å²) in [6.07, 6.45) is 2.91. The Morgan fingerprint density at radius 1 is 1.31 bits per heavy atom. The molecule has 0 bridgehead atoms. The summed E-state index contributed by atoms with van der Waals surface area (Å²) in [6, 6.07) is 7.73. The fraction of sp³-hybridized carbons (Fsp3) is 0.250. The number of nitrogens with zero attached hydrogens (tertiary/aromatic N) is 3. The second kappa shape index (κ2) is 7.66. The van der Waals surface area contributed by atoms with Crippen LogP contribution >= 0.6 is 11.3 Å². The molecule has 2 heterocycles. The van der Waals surface area contributed by atoms with Crippen LogP contribution in [0.5, 0.6) is 0 Å². The Hall–Kier alpha value is -2.73. The third-order valence-electron chi connectivity index (χ3n) is 4.27. The van der Waals surface area contributed by atoms with Crippen LogP contribution in [0, 0.1) is 20.8 Å². The van der Waals surface area contributed by atoms with Gasteiger partial charge in [-0.1, -0.05) is 24.3 Å². The third kappa shape index (κ3) is 3.75. The van der Waals surface area contributed by atoms with Gasteiger partial charge in [-0.05, 0) is 38.8 Å². The number of nitrogens with one attached hydrogen (secondary N) is 1. The normalized spacial score (nSPS) is 10.7. The topological polar surface area (TPSA) is 59.8 Å². The Morgan fingerprint density at radius 3 is 2.81 bits per heavy atom. The number of allylic oxidation sites excluding steroid dienone is 1. The van der Waals surface area contributed by atoms with Gasteiger partial charge in [-0.25, -0.2) is 9.67 Å². The van der Waals surface area contributed by atoms with Crippen molar-refractivity contribution in [1.82, 2.24) is 14.8 Å². The minimum Gasteiger partial charge on any atom is -0.326 e. The number of benzene rings is 1. The number of amides is 1. The quantitative estimate of drug-likeness (QED) is 0.666. The molecule has 3 rings (SSSR count). The van der Waals surface area contributed by atoms with Crippen LogP contribution in [-0.2, 0) is 17.6 Å². The van der Waals surface area contributed by atoms with Crippen LogP contribution in [0.1, 0.15) is 28.2 Å². The molecule has 0 fully saturated rings. The predicted octanol–water partition coefficient (Wildman–Crippen LogP) is 4.16. The van der Waals surface area contributed by atoms with Gasteiger partial charge < -0.3 is 5.32 Å². The van der Waals surface area contributed by atoms with Gasteiger partial charge >= 0.3 is 0 Å². The summed E-state index contributed by atoms with van der Waals surface area (Å²) in [5, 5.41) is 10.2. The van der Waals surface area contributed by atoms with E-state index < -0.39 is 0 Å². The molecule has 0 saturated heterocycles. The SMILES string of the molecule is C=CCc1c(C)nn(-c2nc(CC(=O)Nc3ccccc3C)cs2)c1C. The number of hydrogen-bond donors (Lipinski definition) is 1. The largest absolute Gasteiger partial charge is 0.326 e. The molecule has 26 heavy (non-hydrogen) atoms. The lowest BCUT2D eigenvalue weighted by molar-refractivity contribution is -0.115. The molecule has 6 heteroatoms. The Kier molecular flexibility index (Phi) is 5.32. The molecule has 1 N–H and O–H groups in total. The van der Waals surface area contributed by atoms with Crippen molar-refractivity contribution in [2.45, 2.75) is 33.6 Å². The van der Waals surface area contributed by atoms with Gasteiger partial charge in [-0.15, -0.1) is 17.9 Å². The molecule has 1 aromatic carbocycles. The Bertz CT molecular complexity index is 955. The lowest BCUT2D eigenvalue weighted by atomic mass is 10.1. The van der Waals surface area contributed by atoms with E-state index in [4.69, 9.17) is 0 Å². The summed E-state index contributed by atoms with van der Waals surface area (Å²) < 4.78 is 1.85. The maximum atomic E-state index is 12.3. The number of aromatic nitrogens is 3. The molecular formula is C20H22N4OS. The van der Waals surface area contributed by atoms with E-state index in [9.17, 15) is 4.79 Å². The van der Waals surface area contributed by atoms with E-state index in [1.54, 1.807) is 0 Å². The number of thiazole rings is 1. The highest BCUT2D eigenvalue weighted by Gasteiger charge is 2.15. The molecule has 0 atom stereocenters. The van der Waals surface area contributed by atoms with E-state index in [-0.39, 0.29) is 12.3 Å². The van der Waals surface area contributed by atoms with Crippen molar-refractivity contribution >= 4 is 22.9 Å². The van der Waals surface area contributed by atoms with Gasteiger partial charge in [-0.3, -0.25) is 4.79 Å². The van der Waals surface area contributed by atoms with Gasteiger partial charge in [0.1, 0.15) is 0 Å². The zero-order valence-corrected chi connectivity index (χ0v) is 16.1. The average Bonchev–Trinajstić information content (AvgIpc) is 3.16. The van der Waals surface area contributed by atoms with Crippen molar-refractivity contribution in [3.8, 4) is 5.13 Å². The molecule has 0 aliphatic rings. The molecule has 0 saturated carbocycles. The summed E-state index contributed by atoms with van der Waals surface area (Å²) in [5.41, 5.74) is 5.84. The molecular weight excluding hydrogens is 344 g/mol. The standard InChI is InChI=1S/C20H22N4OS/c1-5-8-17-14(3)23-24(15(17)4)20-21-16(12-26-20)11-19(25)22-18-10-7-6-9-13(18)2/h5-7,9-10,12H,1,8,11H2,2-4H3,(H,22,25). The number of hydrogen-bond acceptors (Lipinski definition) is 4. The van der Waals surface area contributed by atoms with Crippen LogP contribution in [0.25, 0.3) is 5.13 Å². The van der Waals surface area contributed by atoms with Crippen LogP contribution in [0.2, 0.25) is 0 Å². The molecule has 5 nitrogen and oxygen atoms in total. The first-order chi connectivity index (χ1) is 12.5. The first-order valence-electron chi connectivity index (χ1n) is 8.46. The highest BCUT2D eigenvalue weighted by Crippen LogP contribution is 2.22. The van der Waals surface area contributed by atoms with Crippen LogP contribution in [-0.4, -0.2) is 20.7 Å². The number of carbonyl (C=O) groups is 1. The number of anilines is 1. The minimum atomic E-state index is -0.0723. The lowest BCUT2D eigenvalue weighted by Gasteiger charge is -2.06. The van der Waals surface area contributed by atoms with Gasteiger partial charge in [0.2, 0.25) is 11.0 Å². The second-order valence-corrected chi connectivity index (χ2v) is 7.05. The fourth-order valence-electron chi connectivity index (χ4n) is 2.85. The van der Waals surface area contributed by atoms with Gasteiger partial charge in [-0.2, -0.15) is 5.10 Å². The van der Waals surface area contributed by atoms with E-state index >= 15 is 0 Å². The van der Waals surface area contributed by atoms with Crippen molar-refractivity contribution in [2.75, 3.05) is 5.32 Å². The highest BCUT2D eigenvalue weighted by molar-refractivity contribution is 7.12.